The molecule has 0 saturated heterocycles. The Kier molecular flexibility index (Phi) is 4.34. The zero-order valence-corrected chi connectivity index (χ0v) is 8.94. The van der Waals surface area contributed by atoms with Gasteiger partial charge in [-0.3, -0.25) is 4.79 Å². The van der Waals surface area contributed by atoms with Crippen molar-refractivity contribution in [1.29, 1.82) is 0 Å². The fourth-order valence-electron chi connectivity index (χ4n) is 1.91. The third-order valence-electron chi connectivity index (χ3n) is 2.83. The molecular formula is C11H16NO3-. The number of hydrogen-bond donors (Lipinski definition) is 0. The average molecular weight is 210 g/mol. The summed E-state index contributed by atoms with van der Waals surface area (Å²) in [5.41, 5.74) is 0. The van der Waals surface area contributed by atoms with Crippen molar-refractivity contribution < 1.29 is 14.7 Å². The van der Waals surface area contributed by atoms with Crippen LogP contribution in [0.5, 0.6) is 0 Å². The lowest BCUT2D eigenvalue weighted by Crippen LogP contribution is -2.37. The van der Waals surface area contributed by atoms with Gasteiger partial charge in [-0.05, 0) is 18.9 Å². The topological polar surface area (TPSA) is 60.4 Å². The standard InChI is InChI=1S/C11H17NO3/c1-12(9-5-3-2-4-6-9)10(13)7-8-11(14)15/h7-9H,2-6H2,1H3,(H,14,15)/p-1/b8-7+. The van der Waals surface area contributed by atoms with E-state index >= 15 is 0 Å². The summed E-state index contributed by atoms with van der Waals surface area (Å²) in [7, 11) is 1.72. The average Bonchev–Trinajstić information content (AvgIpc) is 2.26. The minimum atomic E-state index is -1.33. The van der Waals surface area contributed by atoms with E-state index in [0.717, 1.165) is 37.8 Å². The molecule has 0 aromatic rings. The van der Waals surface area contributed by atoms with Gasteiger partial charge in [0.15, 0.2) is 0 Å². The Bertz CT molecular complexity index is 267. The number of carboxylic acid groups (broad SMARTS) is 1. The molecule has 0 unspecified atom stereocenters. The Morgan fingerprint density at radius 3 is 2.33 bits per heavy atom. The van der Waals surface area contributed by atoms with E-state index in [2.05, 4.69) is 0 Å². The molecule has 1 aliphatic carbocycles. The van der Waals surface area contributed by atoms with Crippen LogP contribution < -0.4 is 5.11 Å². The molecule has 0 heterocycles. The van der Waals surface area contributed by atoms with E-state index in [1.54, 1.807) is 11.9 Å². The minimum Gasteiger partial charge on any atom is -0.545 e. The number of amides is 1. The van der Waals surface area contributed by atoms with Crippen molar-refractivity contribution in [3.63, 3.8) is 0 Å². The maximum Gasteiger partial charge on any atom is 0.246 e. The van der Waals surface area contributed by atoms with Crippen molar-refractivity contribution in [2.24, 2.45) is 0 Å². The first-order valence-electron chi connectivity index (χ1n) is 5.27. The molecule has 0 aromatic carbocycles. The lowest BCUT2D eigenvalue weighted by molar-refractivity contribution is -0.297. The van der Waals surface area contributed by atoms with E-state index in [1.807, 2.05) is 0 Å². The van der Waals surface area contributed by atoms with Crippen LogP contribution in [0.4, 0.5) is 0 Å². The molecule has 15 heavy (non-hydrogen) atoms. The molecular weight excluding hydrogens is 194 g/mol. The summed E-state index contributed by atoms with van der Waals surface area (Å²) in [6.07, 6.45) is 7.39. The SMILES string of the molecule is CN(C(=O)/C=C/C(=O)[O-])C1CCCCC1. The summed E-state index contributed by atoms with van der Waals surface area (Å²) < 4.78 is 0. The maximum atomic E-state index is 11.5. The van der Waals surface area contributed by atoms with Crippen LogP contribution in [0.3, 0.4) is 0 Å². The highest BCUT2D eigenvalue weighted by Gasteiger charge is 2.20. The Hall–Kier alpha value is -1.32. The van der Waals surface area contributed by atoms with Crippen LogP contribution in [-0.4, -0.2) is 29.9 Å². The highest BCUT2D eigenvalue weighted by molar-refractivity contribution is 5.93. The second kappa shape index (κ2) is 5.53. The van der Waals surface area contributed by atoms with Crippen molar-refractivity contribution in [3.8, 4) is 0 Å². The van der Waals surface area contributed by atoms with Crippen LogP contribution in [-0.2, 0) is 9.59 Å². The van der Waals surface area contributed by atoms with Crippen LogP contribution in [0.1, 0.15) is 32.1 Å². The molecule has 0 spiro atoms. The smallest absolute Gasteiger partial charge is 0.246 e. The predicted octanol–water partition coefficient (Wildman–Crippen LogP) is 0.0836. The molecule has 84 valence electrons. The number of hydrogen-bond acceptors (Lipinski definition) is 3. The van der Waals surface area contributed by atoms with Gasteiger partial charge in [0.2, 0.25) is 5.91 Å². The first-order valence-corrected chi connectivity index (χ1v) is 5.27. The Morgan fingerprint density at radius 2 is 1.80 bits per heavy atom. The van der Waals surface area contributed by atoms with Crippen LogP contribution >= 0.6 is 0 Å². The third kappa shape index (κ3) is 3.73. The molecule has 0 aromatic heterocycles. The number of rotatable bonds is 3. The minimum absolute atomic E-state index is 0.258. The molecule has 1 fully saturated rings. The normalized spacial score (nSPS) is 17.9. The zero-order chi connectivity index (χ0) is 11.3. The van der Waals surface area contributed by atoms with Gasteiger partial charge in [-0.2, -0.15) is 0 Å². The van der Waals surface area contributed by atoms with Crippen molar-refractivity contribution in [1.82, 2.24) is 4.90 Å². The van der Waals surface area contributed by atoms with Gasteiger partial charge in [0, 0.05) is 19.2 Å². The van der Waals surface area contributed by atoms with Gasteiger partial charge in [0.05, 0.1) is 5.97 Å². The highest BCUT2D eigenvalue weighted by atomic mass is 16.4. The lowest BCUT2D eigenvalue weighted by Gasteiger charge is -2.30. The summed E-state index contributed by atoms with van der Waals surface area (Å²) in [5.74, 6) is -1.59. The van der Waals surface area contributed by atoms with Gasteiger partial charge in [-0.15, -0.1) is 0 Å². The van der Waals surface area contributed by atoms with Gasteiger partial charge in [-0.1, -0.05) is 19.3 Å². The van der Waals surface area contributed by atoms with Crippen molar-refractivity contribution >= 4 is 11.9 Å². The number of likely N-dealkylation sites (N-methyl/N-ethyl adjacent to an activating group) is 1. The van der Waals surface area contributed by atoms with Crippen molar-refractivity contribution in [2.45, 2.75) is 38.1 Å². The lowest BCUT2D eigenvalue weighted by atomic mass is 9.94. The van der Waals surface area contributed by atoms with Crippen LogP contribution in [0.15, 0.2) is 12.2 Å². The first kappa shape index (κ1) is 11.8. The summed E-state index contributed by atoms with van der Waals surface area (Å²) in [4.78, 5) is 23.3. The monoisotopic (exact) mass is 210 g/mol. The van der Waals surface area contributed by atoms with Crippen LogP contribution in [0.2, 0.25) is 0 Å². The van der Waals surface area contributed by atoms with E-state index in [0.29, 0.717) is 0 Å². The van der Waals surface area contributed by atoms with Crippen molar-refractivity contribution in [2.75, 3.05) is 7.05 Å². The molecule has 0 bridgehead atoms. The zero-order valence-electron chi connectivity index (χ0n) is 8.94. The summed E-state index contributed by atoms with van der Waals surface area (Å²) >= 11 is 0. The molecule has 0 radical (unpaired) electrons. The Labute approximate surface area is 89.6 Å². The summed E-state index contributed by atoms with van der Waals surface area (Å²) in [6, 6.07) is 0.262. The molecule has 0 N–H and O–H groups in total. The first-order chi connectivity index (χ1) is 7.11. The van der Waals surface area contributed by atoms with Crippen molar-refractivity contribution in [3.05, 3.63) is 12.2 Å². The van der Waals surface area contributed by atoms with E-state index in [1.165, 1.54) is 6.42 Å². The molecule has 0 aliphatic heterocycles. The van der Waals surface area contributed by atoms with E-state index in [9.17, 15) is 14.7 Å². The quantitative estimate of drug-likeness (QED) is 0.620. The van der Waals surface area contributed by atoms with E-state index in [4.69, 9.17) is 0 Å². The molecule has 0 atom stereocenters. The highest BCUT2D eigenvalue weighted by Crippen LogP contribution is 2.21. The number of carbonyl (C=O) groups is 2. The number of nitrogens with zero attached hydrogens (tertiary/aromatic N) is 1. The van der Waals surface area contributed by atoms with E-state index < -0.39 is 5.97 Å². The second-order valence-electron chi connectivity index (χ2n) is 3.89. The third-order valence-corrected chi connectivity index (χ3v) is 2.83. The van der Waals surface area contributed by atoms with E-state index in [-0.39, 0.29) is 11.9 Å². The molecule has 1 rings (SSSR count). The van der Waals surface area contributed by atoms with Gasteiger partial charge in [-0.25, -0.2) is 0 Å². The fourth-order valence-corrected chi connectivity index (χ4v) is 1.91. The fraction of sp³-hybridized carbons (Fsp3) is 0.636. The molecule has 1 aliphatic rings. The van der Waals surface area contributed by atoms with Crippen LogP contribution in [0.25, 0.3) is 0 Å². The largest absolute Gasteiger partial charge is 0.545 e. The van der Waals surface area contributed by atoms with Gasteiger partial charge >= 0.3 is 0 Å². The molecule has 4 nitrogen and oxygen atoms in total. The number of carbonyl (C=O) groups excluding carboxylic acids is 2. The number of carboxylic acids is 1. The van der Waals surface area contributed by atoms with Gasteiger partial charge < -0.3 is 14.8 Å². The van der Waals surface area contributed by atoms with Gasteiger partial charge in [0.1, 0.15) is 0 Å². The predicted molar refractivity (Wildman–Crippen MR) is 53.8 cm³/mol. The van der Waals surface area contributed by atoms with Crippen LogP contribution in [0, 0.1) is 0 Å². The number of aliphatic carboxylic acids is 1. The Morgan fingerprint density at radius 1 is 1.20 bits per heavy atom. The Balaban J connectivity index is 2.47. The molecule has 1 amide bonds. The summed E-state index contributed by atoms with van der Waals surface area (Å²) in [6.45, 7) is 0. The second-order valence-corrected chi connectivity index (χ2v) is 3.89. The molecule has 1 saturated carbocycles. The molecule has 4 heteroatoms. The van der Waals surface area contributed by atoms with Gasteiger partial charge in [0.25, 0.3) is 0 Å². The summed E-state index contributed by atoms with van der Waals surface area (Å²) in [5, 5.41) is 10.1. The maximum absolute atomic E-state index is 11.5.